The average Bonchev–Trinajstić information content (AvgIpc) is 3.31. The topological polar surface area (TPSA) is 62.9 Å². The lowest BCUT2D eigenvalue weighted by atomic mass is 10.1. The molecule has 6 heteroatoms. The third-order valence-electron chi connectivity index (χ3n) is 4.63. The highest BCUT2D eigenvalue weighted by molar-refractivity contribution is 5.80. The van der Waals surface area contributed by atoms with Gasteiger partial charge in [0.15, 0.2) is 5.96 Å². The van der Waals surface area contributed by atoms with E-state index in [2.05, 4.69) is 39.2 Å². The molecule has 0 aliphatic carbocycles. The van der Waals surface area contributed by atoms with Gasteiger partial charge in [-0.2, -0.15) is 0 Å². The van der Waals surface area contributed by atoms with E-state index in [1.807, 2.05) is 26.1 Å². The highest BCUT2D eigenvalue weighted by Crippen LogP contribution is 2.19. The van der Waals surface area contributed by atoms with Crippen LogP contribution in [-0.2, 0) is 11.3 Å². The summed E-state index contributed by atoms with van der Waals surface area (Å²) in [5.74, 6) is 2.13. The summed E-state index contributed by atoms with van der Waals surface area (Å²) in [6.45, 7) is 8.28. The molecule has 3 rings (SSSR count). The quantitative estimate of drug-likeness (QED) is 0.637. The largest absolute Gasteiger partial charge is 0.444 e. The molecule has 26 heavy (non-hydrogen) atoms. The zero-order chi connectivity index (χ0) is 18.4. The molecular formula is C20H28N4O2. The van der Waals surface area contributed by atoms with E-state index in [9.17, 15) is 0 Å². The van der Waals surface area contributed by atoms with Crippen molar-refractivity contribution in [1.82, 2.24) is 15.2 Å². The van der Waals surface area contributed by atoms with Gasteiger partial charge in [-0.1, -0.05) is 17.7 Å². The molecule has 1 aromatic heterocycles. The number of ether oxygens (including phenoxy) is 1. The van der Waals surface area contributed by atoms with Crippen molar-refractivity contribution in [3.8, 4) is 11.5 Å². The minimum Gasteiger partial charge on any atom is -0.444 e. The third-order valence-corrected chi connectivity index (χ3v) is 4.63. The number of guanidine groups is 1. The third kappa shape index (κ3) is 4.64. The Morgan fingerprint density at radius 3 is 2.92 bits per heavy atom. The number of likely N-dealkylation sites (tertiary alicyclic amines) is 1. The summed E-state index contributed by atoms with van der Waals surface area (Å²) in [7, 11) is 1.82. The zero-order valence-electron chi connectivity index (χ0n) is 15.9. The summed E-state index contributed by atoms with van der Waals surface area (Å²) in [6, 6.07) is 8.18. The molecule has 6 nitrogen and oxygen atoms in total. The molecule has 2 aromatic rings. The highest BCUT2D eigenvalue weighted by Gasteiger charge is 2.24. The first-order chi connectivity index (χ1) is 12.7. The van der Waals surface area contributed by atoms with Gasteiger partial charge in [0.25, 0.3) is 0 Å². The van der Waals surface area contributed by atoms with Gasteiger partial charge in [0, 0.05) is 38.2 Å². The number of nitrogens with zero attached hydrogens (tertiary/aromatic N) is 3. The number of aliphatic imine (C=N–C) groups is 1. The monoisotopic (exact) mass is 356 g/mol. The maximum Gasteiger partial charge on any atom is 0.226 e. The molecule has 1 atom stereocenters. The summed E-state index contributed by atoms with van der Waals surface area (Å²) >= 11 is 0. The molecule has 1 N–H and O–H groups in total. The molecule has 1 unspecified atom stereocenters. The maximum atomic E-state index is 5.62. The van der Waals surface area contributed by atoms with Gasteiger partial charge in [-0.05, 0) is 32.4 Å². The van der Waals surface area contributed by atoms with E-state index in [1.54, 1.807) is 6.26 Å². The van der Waals surface area contributed by atoms with E-state index < -0.39 is 0 Å². The van der Waals surface area contributed by atoms with Gasteiger partial charge in [0.1, 0.15) is 6.26 Å². The maximum absolute atomic E-state index is 5.62. The Hall–Kier alpha value is -2.34. The van der Waals surface area contributed by atoms with Crippen LogP contribution in [0.3, 0.4) is 0 Å². The second-order valence-corrected chi connectivity index (χ2v) is 6.67. The molecule has 2 heterocycles. The fraction of sp³-hybridized carbons (Fsp3) is 0.500. The van der Waals surface area contributed by atoms with Crippen LogP contribution >= 0.6 is 0 Å². The Kier molecular flexibility index (Phi) is 6.28. The van der Waals surface area contributed by atoms with Crippen molar-refractivity contribution in [1.29, 1.82) is 0 Å². The molecule has 140 valence electrons. The van der Waals surface area contributed by atoms with Crippen LogP contribution < -0.4 is 5.32 Å². The van der Waals surface area contributed by atoms with Crippen LogP contribution in [0.15, 0.2) is 39.9 Å². The lowest BCUT2D eigenvalue weighted by Crippen LogP contribution is -2.39. The number of rotatable bonds is 6. The van der Waals surface area contributed by atoms with Gasteiger partial charge in [0.2, 0.25) is 5.89 Å². The standard InChI is InChI=1S/C20H28N4O2/c1-4-25-13-16-9-10-24(12-16)20(21-3)22-11-18-14-26-19(23-18)17-7-5-15(2)6-8-17/h5-8,14,16H,4,9-13H2,1-3H3,(H,21,22). The predicted molar refractivity (Wildman–Crippen MR) is 103 cm³/mol. The van der Waals surface area contributed by atoms with Crippen LogP contribution in [0.1, 0.15) is 24.6 Å². The van der Waals surface area contributed by atoms with Crippen LogP contribution in [0.2, 0.25) is 0 Å². The Bertz CT molecular complexity index is 724. The summed E-state index contributed by atoms with van der Waals surface area (Å²) in [6.07, 6.45) is 2.85. The fourth-order valence-corrected chi connectivity index (χ4v) is 3.16. The number of hydrogen-bond donors (Lipinski definition) is 1. The lowest BCUT2D eigenvalue weighted by Gasteiger charge is -2.21. The minimum atomic E-state index is 0.577. The van der Waals surface area contributed by atoms with Crippen molar-refractivity contribution >= 4 is 5.96 Å². The second kappa shape index (κ2) is 8.85. The molecule has 0 amide bonds. The van der Waals surface area contributed by atoms with Gasteiger partial charge >= 0.3 is 0 Å². The van der Waals surface area contributed by atoms with Crippen LogP contribution in [0.4, 0.5) is 0 Å². The van der Waals surface area contributed by atoms with Crippen LogP contribution in [0, 0.1) is 12.8 Å². The zero-order valence-corrected chi connectivity index (χ0v) is 15.9. The van der Waals surface area contributed by atoms with Gasteiger partial charge in [0.05, 0.1) is 18.8 Å². The van der Waals surface area contributed by atoms with Crippen LogP contribution in [0.5, 0.6) is 0 Å². The molecule has 1 aromatic carbocycles. The van der Waals surface area contributed by atoms with Crippen molar-refractivity contribution in [3.63, 3.8) is 0 Å². The molecule has 0 saturated carbocycles. The Balaban J connectivity index is 1.54. The van der Waals surface area contributed by atoms with Crippen molar-refractivity contribution in [2.24, 2.45) is 10.9 Å². The lowest BCUT2D eigenvalue weighted by molar-refractivity contribution is 0.114. The molecule has 1 saturated heterocycles. The number of aromatic nitrogens is 1. The SMILES string of the molecule is CCOCC1CCN(C(=NC)NCc2coc(-c3ccc(C)cc3)n2)C1. The van der Waals surface area contributed by atoms with E-state index in [1.165, 1.54) is 5.56 Å². The molecule has 0 radical (unpaired) electrons. The van der Waals surface area contributed by atoms with Crippen LogP contribution in [-0.4, -0.2) is 49.2 Å². The number of aryl methyl sites for hydroxylation is 1. The number of hydrogen-bond acceptors (Lipinski definition) is 4. The fourth-order valence-electron chi connectivity index (χ4n) is 3.16. The number of benzene rings is 1. The first kappa shape index (κ1) is 18.5. The van der Waals surface area contributed by atoms with Crippen molar-refractivity contribution < 1.29 is 9.15 Å². The van der Waals surface area contributed by atoms with E-state index in [-0.39, 0.29) is 0 Å². The molecule has 1 fully saturated rings. The molecule has 0 spiro atoms. The normalized spacial score (nSPS) is 17.7. The van der Waals surface area contributed by atoms with Crippen molar-refractivity contribution in [2.45, 2.75) is 26.8 Å². The van der Waals surface area contributed by atoms with Crippen molar-refractivity contribution in [2.75, 3.05) is 33.4 Å². The van der Waals surface area contributed by atoms with E-state index in [4.69, 9.17) is 9.15 Å². The minimum absolute atomic E-state index is 0.577. The number of nitrogens with one attached hydrogen (secondary N) is 1. The van der Waals surface area contributed by atoms with Crippen molar-refractivity contribution in [3.05, 3.63) is 41.8 Å². The summed E-state index contributed by atoms with van der Waals surface area (Å²) in [5.41, 5.74) is 3.08. The molecule has 1 aliphatic heterocycles. The highest BCUT2D eigenvalue weighted by atomic mass is 16.5. The molecular weight excluding hydrogens is 328 g/mol. The molecule has 0 bridgehead atoms. The Morgan fingerprint density at radius 2 is 2.19 bits per heavy atom. The summed E-state index contributed by atoms with van der Waals surface area (Å²) in [5, 5.41) is 3.39. The van der Waals surface area contributed by atoms with Gasteiger partial charge in [-0.15, -0.1) is 0 Å². The molecule has 1 aliphatic rings. The number of oxazole rings is 1. The summed E-state index contributed by atoms with van der Waals surface area (Å²) < 4.78 is 11.2. The van der Waals surface area contributed by atoms with E-state index >= 15 is 0 Å². The Morgan fingerprint density at radius 1 is 1.38 bits per heavy atom. The first-order valence-corrected chi connectivity index (χ1v) is 9.24. The van der Waals surface area contributed by atoms with Gasteiger partial charge in [-0.25, -0.2) is 4.98 Å². The summed E-state index contributed by atoms with van der Waals surface area (Å²) in [4.78, 5) is 11.3. The van der Waals surface area contributed by atoms with Crippen LogP contribution in [0.25, 0.3) is 11.5 Å². The van der Waals surface area contributed by atoms with E-state index in [0.29, 0.717) is 18.4 Å². The average molecular weight is 356 g/mol. The first-order valence-electron chi connectivity index (χ1n) is 9.24. The predicted octanol–water partition coefficient (Wildman–Crippen LogP) is 3.08. The van der Waals surface area contributed by atoms with Gasteiger partial charge < -0.3 is 19.4 Å². The van der Waals surface area contributed by atoms with Gasteiger partial charge in [-0.3, -0.25) is 4.99 Å². The second-order valence-electron chi connectivity index (χ2n) is 6.67. The smallest absolute Gasteiger partial charge is 0.226 e. The Labute approximate surface area is 155 Å². The van der Waals surface area contributed by atoms with E-state index in [0.717, 1.165) is 49.9 Å².